The Labute approximate surface area is 205 Å². The fraction of sp³-hybridized carbons (Fsp3) is 0.0909. The molecule has 0 fully saturated rings. The van der Waals surface area contributed by atoms with E-state index in [1.165, 1.54) is 54.6 Å². The predicted octanol–water partition coefficient (Wildman–Crippen LogP) is 4.64. The first-order valence-electron chi connectivity index (χ1n) is 9.70. The number of nitrogens with one attached hydrogen (secondary N) is 1. The van der Waals surface area contributed by atoms with Crippen molar-refractivity contribution in [1.29, 1.82) is 0 Å². The second-order valence-electron chi connectivity index (χ2n) is 6.99. The summed E-state index contributed by atoms with van der Waals surface area (Å²) >= 11 is 11.9. The third-order valence-corrected chi connectivity index (χ3v) is 6.88. The summed E-state index contributed by atoms with van der Waals surface area (Å²) in [5.41, 5.74) is 3.07. The van der Waals surface area contributed by atoms with Crippen LogP contribution < -0.4 is 9.73 Å². The monoisotopic (exact) mass is 520 g/mol. The van der Waals surface area contributed by atoms with E-state index in [1.807, 2.05) is 0 Å². The minimum atomic E-state index is -4.16. The van der Waals surface area contributed by atoms with Gasteiger partial charge in [-0.3, -0.25) is 19.2 Å². The lowest BCUT2D eigenvalue weighted by Gasteiger charge is -2.24. The number of anilines is 1. The number of carbonyl (C=O) groups is 1. The van der Waals surface area contributed by atoms with E-state index < -0.39 is 27.4 Å². The molecule has 0 aliphatic rings. The second kappa shape index (κ2) is 10.6. The normalized spacial score (nSPS) is 11.7. The smallest absolute Gasteiger partial charge is 0.270 e. The minimum Gasteiger partial charge on any atom is -0.271 e. The van der Waals surface area contributed by atoms with Gasteiger partial charge in [0.2, 0.25) is 0 Å². The Morgan fingerprint density at radius 3 is 2.35 bits per heavy atom. The van der Waals surface area contributed by atoms with Crippen LogP contribution in [0.5, 0.6) is 0 Å². The molecule has 0 heterocycles. The van der Waals surface area contributed by atoms with Crippen molar-refractivity contribution in [3.63, 3.8) is 0 Å². The molecule has 1 N–H and O–H groups in total. The van der Waals surface area contributed by atoms with E-state index in [1.54, 1.807) is 25.1 Å². The lowest BCUT2D eigenvalue weighted by Crippen LogP contribution is -2.39. The highest BCUT2D eigenvalue weighted by Crippen LogP contribution is 2.26. The number of amides is 1. The van der Waals surface area contributed by atoms with Crippen molar-refractivity contribution in [1.82, 2.24) is 5.43 Å². The van der Waals surface area contributed by atoms with Gasteiger partial charge in [-0.25, -0.2) is 13.8 Å². The third-order valence-electron chi connectivity index (χ3n) is 4.61. The van der Waals surface area contributed by atoms with Crippen LogP contribution in [0.4, 0.5) is 11.4 Å². The average molecular weight is 521 g/mol. The predicted molar refractivity (Wildman–Crippen MR) is 131 cm³/mol. The lowest BCUT2D eigenvalue weighted by molar-refractivity contribution is -0.384. The summed E-state index contributed by atoms with van der Waals surface area (Å²) in [7, 11) is -4.16. The number of sulfonamides is 1. The highest BCUT2D eigenvalue weighted by Gasteiger charge is 2.27. The van der Waals surface area contributed by atoms with Crippen molar-refractivity contribution in [2.45, 2.75) is 11.8 Å². The van der Waals surface area contributed by atoms with Crippen LogP contribution in [0.2, 0.25) is 10.0 Å². The van der Waals surface area contributed by atoms with E-state index >= 15 is 0 Å². The molecule has 0 aliphatic carbocycles. The molecule has 0 saturated heterocycles. The highest BCUT2D eigenvalue weighted by atomic mass is 35.5. The molecule has 3 rings (SSSR count). The van der Waals surface area contributed by atoms with Gasteiger partial charge in [0, 0.05) is 27.7 Å². The third kappa shape index (κ3) is 6.10. The molecule has 0 bridgehead atoms. The number of hydrazone groups is 1. The number of non-ortho nitro benzene ring substituents is 1. The van der Waals surface area contributed by atoms with Crippen LogP contribution in [0.3, 0.4) is 0 Å². The van der Waals surface area contributed by atoms with Crippen LogP contribution in [0.15, 0.2) is 82.8 Å². The van der Waals surface area contributed by atoms with Gasteiger partial charge in [0.25, 0.3) is 21.6 Å². The van der Waals surface area contributed by atoms with Crippen LogP contribution in [-0.4, -0.2) is 31.5 Å². The van der Waals surface area contributed by atoms with Crippen LogP contribution in [-0.2, 0) is 14.8 Å². The van der Waals surface area contributed by atoms with Gasteiger partial charge in [0.15, 0.2) is 0 Å². The number of nitro groups is 1. The lowest BCUT2D eigenvalue weighted by atomic mass is 10.1. The van der Waals surface area contributed by atoms with Gasteiger partial charge in [0.1, 0.15) is 6.54 Å². The number of nitrogens with zero attached hydrogens (tertiary/aromatic N) is 3. The summed E-state index contributed by atoms with van der Waals surface area (Å²) in [6.07, 6.45) is 0. The van der Waals surface area contributed by atoms with Gasteiger partial charge in [-0.05, 0) is 49.4 Å². The second-order valence-corrected chi connectivity index (χ2v) is 9.72. The summed E-state index contributed by atoms with van der Waals surface area (Å²) in [6.45, 7) is 0.954. The van der Waals surface area contributed by atoms with Crippen LogP contribution in [0.25, 0.3) is 0 Å². The Morgan fingerprint density at radius 2 is 1.71 bits per heavy atom. The molecule has 12 heteroatoms. The van der Waals surface area contributed by atoms with Gasteiger partial charge in [-0.2, -0.15) is 5.10 Å². The Morgan fingerprint density at radius 1 is 1.03 bits per heavy atom. The summed E-state index contributed by atoms with van der Waals surface area (Å²) in [5.74, 6) is -0.734. The average Bonchev–Trinajstić information content (AvgIpc) is 2.81. The van der Waals surface area contributed by atoms with Gasteiger partial charge in [0.05, 0.1) is 21.2 Å². The summed E-state index contributed by atoms with van der Waals surface area (Å²) in [5, 5.41) is 15.6. The maximum atomic E-state index is 13.3. The number of hydrogen-bond acceptors (Lipinski definition) is 6. The minimum absolute atomic E-state index is 0.0686. The fourth-order valence-corrected chi connectivity index (χ4v) is 4.62. The van der Waals surface area contributed by atoms with Crippen molar-refractivity contribution in [2.75, 3.05) is 10.8 Å². The Kier molecular flexibility index (Phi) is 7.87. The van der Waals surface area contributed by atoms with E-state index in [4.69, 9.17) is 23.2 Å². The molecule has 0 saturated carbocycles. The molecule has 0 atom stereocenters. The molecule has 3 aromatic carbocycles. The molecule has 0 radical (unpaired) electrons. The van der Waals surface area contributed by atoms with Gasteiger partial charge < -0.3 is 0 Å². The Hall–Kier alpha value is -3.47. The van der Waals surface area contributed by atoms with Crippen LogP contribution in [0.1, 0.15) is 12.5 Å². The molecule has 176 valence electrons. The maximum absolute atomic E-state index is 13.3. The molecule has 34 heavy (non-hydrogen) atoms. The summed E-state index contributed by atoms with van der Waals surface area (Å²) in [4.78, 5) is 23.0. The van der Waals surface area contributed by atoms with Crippen molar-refractivity contribution in [2.24, 2.45) is 5.10 Å². The summed E-state index contributed by atoms with van der Waals surface area (Å²) in [6, 6.07) is 17.3. The number of hydrogen-bond donors (Lipinski definition) is 1. The molecular formula is C22H18Cl2N4O5S. The van der Waals surface area contributed by atoms with Crippen molar-refractivity contribution < 1.29 is 18.1 Å². The largest absolute Gasteiger partial charge is 0.271 e. The topological polar surface area (TPSA) is 122 Å². The molecule has 9 nitrogen and oxygen atoms in total. The number of halogens is 2. The first-order chi connectivity index (χ1) is 16.1. The zero-order valence-corrected chi connectivity index (χ0v) is 20.0. The quantitative estimate of drug-likeness (QED) is 0.263. The van der Waals surface area contributed by atoms with Crippen molar-refractivity contribution in [3.8, 4) is 0 Å². The standard InChI is InChI=1S/C22H18Cl2N4O5S/c1-15(16-4-2-7-20(12-16)28(30)31)25-26-22(29)14-27(19-6-3-5-18(24)13-19)34(32,33)21-10-8-17(23)9-11-21/h2-13H,14H2,1H3,(H,26,29)/b25-15-. The Balaban J connectivity index is 1.87. The van der Waals surface area contributed by atoms with E-state index in [2.05, 4.69) is 10.5 Å². The van der Waals surface area contributed by atoms with Gasteiger partial charge in [-0.1, -0.05) is 41.4 Å². The molecule has 3 aromatic rings. The molecule has 1 amide bonds. The number of rotatable bonds is 8. The Bertz CT molecular complexity index is 1360. The van der Waals surface area contributed by atoms with E-state index in [0.29, 0.717) is 16.3 Å². The number of carbonyl (C=O) groups excluding carboxylic acids is 1. The van der Waals surface area contributed by atoms with Crippen LogP contribution in [0, 0.1) is 10.1 Å². The first-order valence-corrected chi connectivity index (χ1v) is 11.9. The number of nitro benzene ring substituents is 1. The summed E-state index contributed by atoms with van der Waals surface area (Å²) < 4.78 is 27.5. The maximum Gasteiger partial charge on any atom is 0.270 e. The SMILES string of the molecule is C/C(=N/NC(=O)CN(c1cccc(Cl)c1)S(=O)(=O)c1ccc(Cl)cc1)c1cccc([N+](=O)[O-])c1. The molecule has 0 unspecified atom stereocenters. The fourth-order valence-electron chi connectivity index (χ4n) is 2.90. The number of benzene rings is 3. The van der Waals surface area contributed by atoms with Crippen molar-refractivity contribution >= 4 is 56.2 Å². The van der Waals surface area contributed by atoms with Gasteiger partial charge in [-0.15, -0.1) is 0 Å². The molecule has 0 aliphatic heterocycles. The highest BCUT2D eigenvalue weighted by molar-refractivity contribution is 7.92. The molecule has 0 aromatic heterocycles. The van der Waals surface area contributed by atoms with E-state index in [-0.39, 0.29) is 21.3 Å². The molecule has 0 spiro atoms. The zero-order valence-electron chi connectivity index (χ0n) is 17.7. The van der Waals surface area contributed by atoms with Gasteiger partial charge >= 0.3 is 0 Å². The molecular weight excluding hydrogens is 503 g/mol. The van der Waals surface area contributed by atoms with Crippen LogP contribution >= 0.6 is 23.2 Å². The van der Waals surface area contributed by atoms with Crippen molar-refractivity contribution in [3.05, 3.63) is 98.5 Å². The zero-order chi connectivity index (χ0) is 24.9. The first kappa shape index (κ1) is 25.2. The van der Waals surface area contributed by atoms with E-state index in [0.717, 1.165) is 4.31 Å². The van der Waals surface area contributed by atoms with E-state index in [9.17, 15) is 23.3 Å².